The van der Waals surface area contributed by atoms with E-state index in [1.165, 1.54) is 11.8 Å². The van der Waals surface area contributed by atoms with E-state index in [1.807, 2.05) is 0 Å². The first kappa shape index (κ1) is 8.88. The molecule has 0 amide bonds. The summed E-state index contributed by atoms with van der Waals surface area (Å²) in [6.07, 6.45) is -2.74. The van der Waals surface area contributed by atoms with Crippen molar-refractivity contribution in [1.82, 2.24) is 0 Å². The topological polar surface area (TPSA) is 0 Å². The second kappa shape index (κ2) is 3.82. The Bertz CT molecular complexity index is 86.7. The summed E-state index contributed by atoms with van der Waals surface area (Å²) in [6, 6.07) is 0. The van der Waals surface area contributed by atoms with Gasteiger partial charge >= 0.3 is 6.18 Å². The molecule has 0 spiro atoms. The van der Waals surface area contributed by atoms with Crippen molar-refractivity contribution in [1.29, 1.82) is 0 Å². The van der Waals surface area contributed by atoms with Crippen molar-refractivity contribution >= 4 is 11.8 Å². The maximum absolute atomic E-state index is 11.3. The van der Waals surface area contributed by atoms with Crippen LogP contribution in [0.1, 0.15) is 0 Å². The highest BCUT2D eigenvalue weighted by Gasteiger charge is 2.26. The van der Waals surface area contributed by atoms with Crippen molar-refractivity contribution in [2.75, 3.05) is 5.75 Å². The van der Waals surface area contributed by atoms with Crippen molar-refractivity contribution < 1.29 is 13.2 Å². The molecule has 0 rings (SSSR count). The van der Waals surface area contributed by atoms with Gasteiger partial charge in [-0.15, -0.1) is 18.3 Å². The van der Waals surface area contributed by atoms with Crippen LogP contribution in [0, 0.1) is 5.75 Å². The number of alkyl halides is 3. The predicted molar refractivity (Wildman–Crippen MR) is 33.0 cm³/mol. The normalized spacial score (nSPS) is 11.4. The summed E-state index contributed by atoms with van der Waals surface area (Å²) in [5.74, 6) is 0.479. The average molecular weight is 155 g/mol. The lowest BCUT2D eigenvalue weighted by atomic mass is 10.8. The largest absolute Gasteiger partial charge is 0.397 e. The zero-order chi connectivity index (χ0) is 7.33. The fraction of sp³-hybridized carbons (Fsp3) is 0.400. The molecule has 0 heterocycles. The molecule has 0 aromatic heterocycles. The van der Waals surface area contributed by atoms with Gasteiger partial charge in [0.1, 0.15) is 0 Å². The van der Waals surface area contributed by atoms with E-state index in [1.54, 1.807) is 0 Å². The molecule has 0 saturated carbocycles. The molecule has 0 aliphatic carbocycles. The molecule has 53 valence electrons. The van der Waals surface area contributed by atoms with Gasteiger partial charge in [-0.2, -0.15) is 13.2 Å². The minimum Gasteiger partial charge on any atom is -0.170 e. The molecule has 0 aliphatic heterocycles. The average Bonchev–Trinajstić information content (AvgIpc) is 1.63. The van der Waals surface area contributed by atoms with Crippen LogP contribution in [-0.2, 0) is 0 Å². The minimum absolute atomic E-state index is 0.692. The third-order valence-corrected chi connectivity index (χ3v) is 1.32. The van der Waals surface area contributed by atoms with Gasteiger partial charge in [-0.1, -0.05) is 6.08 Å². The Labute approximate surface area is 56.1 Å². The van der Waals surface area contributed by atoms with Crippen LogP contribution in [-0.4, -0.2) is 11.9 Å². The summed E-state index contributed by atoms with van der Waals surface area (Å²) in [7, 11) is 0. The molecule has 0 N–H and O–H groups in total. The zero-order valence-electron chi connectivity index (χ0n) is 4.61. The second-order valence-electron chi connectivity index (χ2n) is 1.30. The Hall–Kier alpha value is -0.120. The van der Waals surface area contributed by atoms with Crippen LogP contribution in [0.3, 0.4) is 0 Å². The smallest absolute Gasteiger partial charge is 0.170 e. The number of rotatable bonds is 3. The van der Waals surface area contributed by atoms with Crippen LogP contribution < -0.4 is 0 Å². The first-order valence-corrected chi connectivity index (χ1v) is 3.24. The Morgan fingerprint density at radius 2 is 2.00 bits per heavy atom. The number of hydrogen-bond donors (Lipinski definition) is 0. The highest BCUT2D eigenvalue weighted by molar-refractivity contribution is 8.01. The number of thioether (sulfide) groups is 1. The molecule has 0 fully saturated rings. The molecule has 0 nitrogen and oxygen atoms in total. The van der Waals surface area contributed by atoms with Crippen molar-refractivity contribution in [2.45, 2.75) is 6.18 Å². The Morgan fingerprint density at radius 3 is 2.33 bits per heavy atom. The fourth-order valence-electron chi connectivity index (χ4n) is 0.211. The third-order valence-electron chi connectivity index (χ3n) is 0.439. The van der Waals surface area contributed by atoms with Crippen LogP contribution in [0.4, 0.5) is 13.2 Å². The Morgan fingerprint density at radius 1 is 1.44 bits per heavy atom. The van der Waals surface area contributed by atoms with Crippen molar-refractivity contribution in [2.24, 2.45) is 0 Å². The van der Waals surface area contributed by atoms with Gasteiger partial charge in [-0.3, -0.25) is 0 Å². The van der Waals surface area contributed by atoms with Crippen LogP contribution in [0.15, 0.2) is 12.7 Å². The van der Waals surface area contributed by atoms with Gasteiger partial charge in [0.15, 0.2) is 0 Å². The summed E-state index contributed by atoms with van der Waals surface area (Å²) in [4.78, 5) is 0. The molecule has 0 aromatic rings. The molecule has 0 aromatic carbocycles. The molecule has 0 bridgehead atoms. The third kappa shape index (κ3) is 7.88. The lowest BCUT2D eigenvalue weighted by Gasteiger charge is -2.02. The van der Waals surface area contributed by atoms with E-state index in [-0.39, 0.29) is 0 Å². The Balaban J connectivity index is 3.17. The Kier molecular flexibility index (Phi) is 3.77. The molecule has 9 heavy (non-hydrogen) atoms. The quantitative estimate of drug-likeness (QED) is 0.564. The summed E-state index contributed by atoms with van der Waals surface area (Å²) < 4.78 is 33.9. The van der Waals surface area contributed by atoms with Gasteiger partial charge in [0, 0.05) is 5.75 Å². The van der Waals surface area contributed by atoms with Crippen molar-refractivity contribution in [3.63, 3.8) is 0 Å². The van der Waals surface area contributed by atoms with Crippen LogP contribution in [0.5, 0.6) is 0 Å². The molecular weight excluding hydrogens is 149 g/mol. The van der Waals surface area contributed by atoms with E-state index in [4.69, 9.17) is 0 Å². The van der Waals surface area contributed by atoms with Crippen LogP contribution in [0.2, 0.25) is 0 Å². The van der Waals surface area contributed by atoms with E-state index in [9.17, 15) is 13.2 Å². The molecule has 1 radical (unpaired) electrons. The van der Waals surface area contributed by atoms with E-state index < -0.39 is 11.9 Å². The number of hydrogen-bond acceptors (Lipinski definition) is 1. The van der Waals surface area contributed by atoms with E-state index >= 15 is 0 Å². The van der Waals surface area contributed by atoms with Gasteiger partial charge in [-0.25, -0.2) is 0 Å². The summed E-state index contributed by atoms with van der Waals surface area (Å²) in [6.45, 7) is 3.24. The van der Waals surface area contributed by atoms with E-state index in [2.05, 4.69) is 6.58 Å². The van der Waals surface area contributed by atoms with Crippen LogP contribution in [0.25, 0.3) is 0 Å². The SMILES string of the molecule is C=C[CH]SCC(F)(F)F. The van der Waals surface area contributed by atoms with Crippen LogP contribution >= 0.6 is 11.8 Å². The molecule has 0 aliphatic rings. The molecule has 0 unspecified atom stereocenters. The first-order chi connectivity index (χ1) is 4.06. The lowest BCUT2D eigenvalue weighted by Crippen LogP contribution is -2.10. The minimum atomic E-state index is -4.07. The van der Waals surface area contributed by atoms with Gasteiger partial charge < -0.3 is 0 Å². The fourth-order valence-corrected chi connectivity index (χ4v) is 0.632. The summed E-state index contributed by atoms with van der Waals surface area (Å²) >= 11 is 0.692. The molecule has 0 atom stereocenters. The zero-order valence-corrected chi connectivity index (χ0v) is 5.43. The second-order valence-corrected chi connectivity index (χ2v) is 2.19. The molecule has 0 saturated heterocycles. The predicted octanol–water partition coefficient (Wildman–Crippen LogP) is 2.63. The van der Waals surface area contributed by atoms with Gasteiger partial charge in [-0.05, 0) is 0 Å². The maximum Gasteiger partial charge on any atom is 0.397 e. The highest BCUT2D eigenvalue weighted by atomic mass is 32.2. The van der Waals surface area contributed by atoms with Crippen molar-refractivity contribution in [3.05, 3.63) is 18.4 Å². The van der Waals surface area contributed by atoms with Gasteiger partial charge in [0.25, 0.3) is 0 Å². The van der Waals surface area contributed by atoms with Gasteiger partial charge in [0.2, 0.25) is 0 Å². The summed E-state index contributed by atoms with van der Waals surface area (Å²) in [5, 5.41) is 0. The molecule has 4 heteroatoms. The monoisotopic (exact) mass is 155 g/mol. The number of halogens is 3. The van der Waals surface area contributed by atoms with Crippen molar-refractivity contribution in [3.8, 4) is 0 Å². The first-order valence-electron chi connectivity index (χ1n) is 2.19. The van der Waals surface area contributed by atoms with E-state index in [0.29, 0.717) is 11.8 Å². The van der Waals surface area contributed by atoms with E-state index in [0.717, 1.165) is 0 Å². The standard InChI is InChI=1S/C5H6F3S/c1-2-3-9-4-5(6,7)8/h2-3H,1,4H2. The molecular formula is C5H6F3S. The lowest BCUT2D eigenvalue weighted by molar-refractivity contribution is -0.105. The maximum atomic E-state index is 11.3. The summed E-state index contributed by atoms with van der Waals surface area (Å²) in [5.41, 5.74) is 0. The van der Waals surface area contributed by atoms with Gasteiger partial charge in [0.05, 0.1) is 5.75 Å². The highest BCUT2D eigenvalue weighted by Crippen LogP contribution is 2.22.